The number of para-hydroxylation sites is 1. The Morgan fingerprint density at radius 1 is 1.29 bits per heavy atom. The third-order valence-electron chi connectivity index (χ3n) is 3.09. The van der Waals surface area contributed by atoms with E-state index in [9.17, 15) is 4.39 Å². The van der Waals surface area contributed by atoms with Crippen LogP contribution < -0.4 is 11.1 Å². The van der Waals surface area contributed by atoms with Gasteiger partial charge >= 0.3 is 0 Å². The third kappa shape index (κ3) is 4.35. The SMILES string of the molecule is CCCCCC(C)(CN)Nc1ccccc1F. The fourth-order valence-electron chi connectivity index (χ4n) is 1.87. The Balaban J connectivity index is 2.65. The van der Waals surface area contributed by atoms with Crippen LogP contribution in [0, 0.1) is 5.82 Å². The molecule has 96 valence electrons. The number of benzene rings is 1. The molecule has 2 nitrogen and oxygen atoms in total. The average Bonchev–Trinajstić information content (AvgIpc) is 2.33. The monoisotopic (exact) mass is 238 g/mol. The van der Waals surface area contributed by atoms with Gasteiger partial charge < -0.3 is 11.1 Å². The van der Waals surface area contributed by atoms with Crippen LogP contribution in [0.15, 0.2) is 24.3 Å². The van der Waals surface area contributed by atoms with Gasteiger partial charge in [0.2, 0.25) is 0 Å². The summed E-state index contributed by atoms with van der Waals surface area (Å²) in [6.07, 6.45) is 4.45. The molecule has 1 unspecified atom stereocenters. The highest BCUT2D eigenvalue weighted by atomic mass is 19.1. The van der Waals surface area contributed by atoms with Crippen LogP contribution >= 0.6 is 0 Å². The number of halogens is 1. The van der Waals surface area contributed by atoms with E-state index in [1.54, 1.807) is 12.1 Å². The molecule has 0 heterocycles. The van der Waals surface area contributed by atoms with E-state index in [0.717, 1.165) is 12.8 Å². The molecule has 0 saturated carbocycles. The van der Waals surface area contributed by atoms with Crippen LogP contribution in [0.1, 0.15) is 39.5 Å². The van der Waals surface area contributed by atoms with Crippen molar-refractivity contribution in [2.45, 2.75) is 45.1 Å². The Hall–Kier alpha value is -1.09. The molecular formula is C14H23FN2. The molecule has 0 aliphatic heterocycles. The molecule has 0 aromatic heterocycles. The van der Waals surface area contributed by atoms with Crippen molar-refractivity contribution in [3.05, 3.63) is 30.1 Å². The minimum absolute atomic E-state index is 0.220. The van der Waals surface area contributed by atoms with Crippen molar-refractivity contribution in [1.29, 1.82) is 0 Å². The molecule has 1 aromatic carbocycles. The molecule has 3 N–H and O–H groups in total. The standard InChI is InChI=1S/C14H23FN2/c1-3-4-7-10-14(2,11-16)17-13-9-6-5-8-12(13)15/h5-6,8-9,17H,3-4,7,10-11,16H2,1-2H3. The van der Waals surface area contributed by atoms with Gasteiger partial charge in [0.1, 0.15) is 5.82 Å². The van der Waals surface area contributed by atoms with Crippen LogP contribution in [0.2, 0.25) is 0 Å². The molecule has 1 aromatic rings. The first kappa shape index (κ1) is 14.0. The Morgan fingerprint density at radius 2 is 2.00 bits per heavy atom. The zero-order valence-corrected chi connectivity index (χ0v) is 10.8. The maximum atomic E-state index is 13.5. The van der Waals surface area contributed by atoms with Crippen LogP contribution in [-0.4, -0.2) is 12.1 Å². The Morgan fingerprint density at radius 3 is 2.59 bits per heavy atom. The highest BCUT2D eigenvalue weighted by Gasteiger charge is 2.22. The zero-order chi connectivity index (χ0) is 12.7. The first-order chi connectivity index (χ1) is 8.11. The predicted molar refractivity (Wildman–Crippen MR) is 71.6 cm³/mol. The first-order valence-electron chi connectivity index (χ1n) is 6.34. The van der Waals surface area contributed by atoms with Crippen LogP contribution in [0.3, 0.4) is 0 Å². The lowest BCUT2D eigenvalue weighted by Gasteiger charge is -2.31. The molecule has 0 radical (unpaired) electrons. The van der Waals surface area contributed by atoms with Crippen molar-refractivity contribution in [3.63, 3.8) is 0 Å². The van der Waals surface area contributed by atoms with E-state index >= 15 is 0 Å². The van der Waals surface area contributed by atoms with E-state index in [4.69, 9.17) is 5.73 Å². The second-order valence-electron chi connectivity index (χ2n) is 4.83. The van der Waals surface area contributed by atoms with E-state index in [1.165, 1.54) is 18.9 Å². The van der Waals surface area contributed by atoms with Gasteiger partial charge in [0.05, 0.1) is 5.69 Å². The van der Waals surface area contributed by atoms with E-state index in [-0.39, 0.29) is 11.4 Å². The van der Waals surface area contributed by atoms with Gasteiger partial charge in [0.25, 0.3) is 0 Å². The quantitative estimate of drug-likeness (QED) is 0.713. The fraction of sp³-hybridized carbons (Fsp3) is 0.571. The van der Waals surface area contributed by atoms with Gasteiger partial charge in [-0.05, 0) is 25.5 Å². The summed E-state index contributed by atoms with van der Waals surface area (Å²) < 4.78 is 13.5. The van der Waals surface area contributed by atoms with Gasteiger partial charge in [-0.25, -0.2) is 4.39 Å². The maximum Gasteiger partial charge on any atom is 0.146 e. The molecule has 0 aliphatic carbocycles. The van der Waals surface area contributed by atoms with Crippen LogP contribution in [0.4, 0.5) is 10.1 Å². The lowest BCUT2D eigenvalue weighted by atomic mass is 9.94. The molecule has 0 fully saturated rings. The van der Waals surface area contributed by atoms with Crippen LogP contribution in [-0.2, 0) is 0 Å². The van der Waals surface area contributed by atoms with E-state index < -0.39 is 0 Å². The average molecular weight is 238 g/mol. The molecular weight excluding hydrogens is 215 g/mol. The number of anilines is 1. The summed E-state index contributed by atoms with van der Waals surface area (Å²) in [5.74, 6) is -0.220. The summed E-state index contributed by atoms with van der Waals surface area (Å²) in [4.78, 5) is 0. The van der Waals surface area contributed by atoms with Crippen LogP contribution in [0.5, 0.6) is 0 Å². The number of rotatable bonds is 7. The highest BCUT2D eigenvalue weighted by molar-refractivity contribution is 5.46. The fourth-order valence-corrected chi connectivity index (χ4v) is 1.87. The van der Waals surface area contributed by atoms with Gasteiger partial charge in [-0.15, -0.1) is 0 Å². The Kier molecular flexibility index (Phi) is 5.42. The summed E-state index contributed by atoms with van der Waals surface area (Å²) in [6.45, 7) is 4.73. The van der Waals surface area contributed by atoms with Crippen molar-refractivity contribution in [1.82, 2.24) is 0 Å². The van der Waals surface area contributed by atoms with Gasteiger partial charge in [-0.2, -0.15) is 0 Å². The molecule has 0 aliphatic rings. The van der Waals surface area contributed by atoms with Crippen molar-refractivity contribution in [3.8, 4) is 0 Å². The lowest BCUT2D eigenvalue weighted by Crippen LogP contribution is -2.42. The molecule has 0 bridgehead atoms. The van der Waals surface area contributed by atoms with Crippen molar-refractivity contribution in [2.75, 3.05) is 11.9 Å². The zero-order valence-electron chi connectivity index (χ0n) is 10.8. The van der Waals surface area contributed by atoms with E-state index in [1.807, 2.05) is 6.07 Å². The number of hydrogen-bond acceptors (Lipinski definition) is 2. The molecule has 3 heteroatoms. The number of nitrogens with one attached hydrogen (secondary N) is 1. The summed E-state index contributed by atoms with van der Waals surface area (Å²) >= 11 is 0. The highest BCUT2D eigenvalue weighted by Crippen LogP contribution is 2.22. The summed E-state index contributed by atoms with van der Waals surface area (Å²) in [7, 11) is 0. The lowest BCUT2D eigenvalue weighted by molar-refractivity contribution is 0.452. The van der Waals surface area contributed by atoms with Crippen molar-refractivity contribution < 1.29 is 4.39 Å². The van der Waals surface area contributed by atoms with Gasteiger partial charge in [-0.1, -0.05) is 38.3 Å². The van der Waals surface area contributed by atoms with Gasteiger partial charge in [0, 0.05) is 12.1 Å². The summed E-state index contributed by atoms with van der Waals surface area (Å²) in [6, 6.07) is 6.74. The van der Waals surface area contributed by atoms with Crippen LogP contribution in [0.25, 0.3) is 0 Å². The Labute approximate surface area is 103 Å². The normalized spacial score (nSPS) is 14.4. The number of unbranched alkanes of at least 4 members (excludes halogenated alkanes) is 2. The van der Waals surface area contributed by atoms with Crippen molar-refractivity contribution >= 4 is 5.69 Å². The summed E-state index contributed by atoms with van der Waals surface area (Å²) in [5.41, 5.74) is 6.12. The van der Waals surface area contributed by atoms with Crippen molar-refractivity contribution in [2.24, 2.45) is 5.73 Å². The second-order valence-corrected chi connectivity index (χ2v) is 4.83. The number of hydrogen-bond donors (Lipinski definition) is 2. The topological polar surface area (TPSA) is 38.0 Å². The smallest absolute Gasteiger partial charge is 0.146 e. The molecule has 0 amide bonds. The Bertz CT molecular complexity index is 341. The van der Waals surface area contributed by atoms with Gasteiger partial charge in [-0.3, -0.25) is 0 Å². The van der Waals surface area contributed by atoms with E-state index in [2.05, 4.69) is 19.2 Å². The molecule has 1 rings (SSSR count). The van der Waals surface area contributed by atoms with E-state index in [0.29, 0.717) is 12.2 Å². The minimum atomic E-state index is -0.225. The first-order valence-corrected chi connectivity index (χ1v) is 6.34. The molecule has 0 saturated heterocycles. The minimum Gasteiger partial charge on any atom is -0.376 e. The molecule has 17 heavy (non-hydrogen) atoms. The molecule has 0 spiro atoms. The maximum absolute atomic E-state index is 13.5. The summed E-state index contributed by atoms with van der Waals surface area (Å²) in [5, 5.41) is 3.23. The predicted octanol–water partition coefficient (Wildman–Crippen LogP) is 3.54. The number of nitrogens with two attached hydrogens (primary N) is 1. The largest absolute Gasteiger partial charge is 0.376 e. The third-order valence-corrected chi connectivity index (χ3v) is 3.09. The second kappa shape index (κ2) is 6.60. The molecule has 1 atom stereocenters. The van der Waals surface area contributed by atoms with Gasteiger partial charge in [0.15, 0.2) is 0 Å².